The van der Waals surface area contributed by atoms with Crippen molar-refractivity contribution in [2.75, 3.05) is 5.43 Å². The zero-order valence-corrected chi connectivity index (χ0v) is 6.17. The van der Waals surface area contributed by atoms with E-state index in [0.29, 0.717) is 11.3 Å². The summed E-state index contributed by atoms with van der Waals surface area (Å²) in [6, 6.07) is 6.35. The van der Waals surface area contributed by atoms with Crippen LogP contribution in [0.15, 0.2) is 28.7 Å². The van der Waals surface area contributed by atoms with E-state index in [1.165, 1.54) is 6.07 Å². The van der Waals surface area contributed by atoms with Crippen molar-refractivity contribution in [3.8, 4) is 0 Å². The van der Waals surface area contributed by atoms with Crippen LogP contribution in [0.4, 0.5) is 10.3 Å². The molecule has 1 aromatic carbocycles. The molecule has 0 fully saturated rings. The fraction of sp³-hybridized carbons (Fsp3) is 0. The van der Waals surface area contributed by atoms with Gasteiger partial charge in [0.1, 0.15) is 0 Å². The van der Waals surface area contributed by atoms with Crippen LogP contribution in [0, 0.1) is 5.82 Å². The van der Waals surface area contributed by atoms with Gasteiger partial charge in [0, 0.05) is 11.5 Å². The molecule has 0 saturated carbocycles. The summed E-state index contributed by atoms with van der Waals surface area (Å²) in [5.41, 5.74) is 2.54. The molecule has 0 radical (unpaired) electrons. The van der Waals surface area contributed by atoms with Crippen molar-refractivity contribution in [3.63, 3.8) is 0 Å². The molecule has 0 saturated heterocycles. The van der Waals surface area contributed by atoms with Gasteiger partial charge in [-0.2, -0.15) is 0 Å². The first-order valence-corrected chi connectivity index (χ1v) is 3.46. The molecule has 3 nitrogen and oxygen atoms in total. The second-order valence-electron chi connectivity index (χ2n) is 2.41. The van der Waals surface area contributed by atoms with Crippen LogP contribution >= 0.6 is 0 Å². The maximum atomic E-state index is 13.0. The van der Waals surface area contributed by atoms with Crippen LogP contribution in [0.5, 0.6) is 0 Å². The number of nitrogens with one attached hydrogen (secondary N) is 1. The van der Waals surface area contributed by atoms with Gasteiger partial charge < -0.3 is 4.42 Å². The molecule has 1 aromatic heterocycles. The van der Waals surface area contributed by atoms with Gasteiger partial charge in [-0.05, 0) is 6.07 Å². The minimum atomic E-state index is -0.381. The Bertz CT molecular complexity index is 410. The smallest absolute Gasteiger partial charge is 0.208 e. The van der Waals surface area contributed by atoms with E-state index in [9.17, 15) is 4.39 Å². The van der Waals surface area contributed by atoms with Crippen LogP contribution in [-0.2, 0) is 0 Å². The Kier molecular flexibility index (Phi) is 1.48. The summed E-state index contributed by atoms with van der Waals surface area (Å²) in [6.07, 6.45) is 0. The van der Waals surface area contributed by atoms with Gasteiger partial charge in [0.05, 0.1) is 0 Å². The monoisotopic (exact) mass is 166 g/mol. The van der Waals surface area contributed by atoms with Crippen molar-refractivity contribution < 1.29 is 8.81 Å². The summed E-state index contributed by atoms with van der Waals surface area (Å²) in [5.74, 6) is 5.07. The number of hydrogen-bond donors (Lipinski definition) is 2. The molecule has 4 heteroatoms. The highest BCUT2D eigenvalue weighted by Gasteiger charge is 2.05. The molecule has 12 heavy (non-hydrogen) atoms. The molecule has 0 amide bonds. The molecule has 0 atom stereocenters. The number of benzene rings is 1. The van der Waals surface area contributed by atoms with E-state index in [-0.39, 0.29) is 11.4 Å². The quantitative estimate of drug-likeness (QED) is 0.502. The fourth-order valence-corrected chi connectivity index (χ4v) is 1.10. The summed E-state index contributed by atoms with van der Waals surface area (Å²) in [5, 5.41) is 0.697. The van der Waals surface area contributed by atoms with Gasteiger partial charge >= 0.3 is 0 Å². The maximum absolute atomic E-state index is 13.0. The average Bonchev–Trinajstić information content (AvgIpc) is 2.49. The zero-order chi connectivity index (χ0) is 8.55. The Balaban J connectivity index is 2.74. The number of fused-ring (bicyclic) bond motifs is 1. The molecule has 0 aliphatic heterocycles. The largest absolute Gasteiger partial charge is 0.436 e. The van der Waals surface area contributed by atoms with Crippen molar-refractivity contribution in [3.05, 3.63) is 30.1 Å². The van der Waals surface area contributed by atoms with E-state index in [1.807, 2.05) is 0 Å². The Morgan fingerprint density at radius 1 is 1.42 bits per heavy atom. The van der Waals surface area contributed by atoms with Crippen LogP contribution in [0.3, 0.4) is 0 Å². The highest BCUT2D eigenvalue weighted by molar-refractivity contribution is 5.81. The Morgan fingerprint density at radius 3 is 2.92 bits per heavy atom. The molecular formula is C8H7FN2O. The summed E-state index contributed by atoms with van der Waals surface area (Å²) in [4.78, 5) is 0. The third kappa shape index (κ3) is 0.931. The molecule has 1 heterocycles. The highest BCUT2D eigenvalue weighted by atomic mass is 19.1. The topological polar surface area (TPSA) is 51.2 Å². The minimum absolute atomic E-state index is 0.227. The van der Waals surface area contributed by atoms with E-state index in [0.717, 1.165) is 0 Å². The Morgan fingerprint density at radius 2 is 2.25 bits per heavy atom. The standard InChI is InChI=1S/C8H7FN2O/c9-6-3-1-2-5-4-7(11-10)12-8(5)6/h1-4,11H,10H2. The van der Waals surface area contributed by atoms with Gasteiger partial charge in [0.2, 0.25) is 5.88 Å². The van der Waals surface area contributed by atoms with Crippen molar-refractivity contribution >= 4 is 16.9 Å². The van der Waals surface area contributed by atoms with Gasteiger partial charge in [-0.25, -0.2) is 10.2 Å². The summed E-state index contributed by atoms with van der Waals surface area (Å²) < 4.78 is 18.0. The first-order chi connectivity index (χ1) is 5.81. The molecule has 2 rings (SSSR count). The fourth-order valence-electron chi connectivity index (χ4n) is 1.10. The maximum Gasteiger partial charge on any atom is 0.208 e. The van der Waals surface area contributed by atoms with E-state index >= 15 is 0 Å². The van der Waals surface area contributed by atoms with Crippen LogP contribution in [-0.4, -0.2) is 0 Å². The molecule has 0 aliphatic rings. The van der Waals surface area contributed by atoms with Crippen molar-refractivity contribution in [1.82, 2.24) is 0 Å². The highest BCUT2D eigenvalue weighted by Crippen LogP contribution is 2.24. The zero-order valence-electron chi connectivity index (χ0n) is 6.17. The van der Waals surface area contributed by atoms with Crippen molar-refractivity contribution in [2.45, 2.75) is 0 Å². The second-order valence-corrected chi connectivity index (χ2v) is 2.41. The van der Waals surface area contributed by atoms with E-state index in [4.69, 9.17) is 10.3 Å². The number of furan rings is 1. The van der Waals surface area contributed by atoms with Crippen LogP contribution in [0.25, 0.3) is 11.0 Å². The summed E-state index contributed by atoms with van der Waals surface area (Å²) in [7, 11) is 0. The first kappa shape index (κ1) is 7.12. The van der Waals surface area contributed by atoms with Gasteiger partial charge in [0.25, 0.3) is 0 Å². The van der Waals surface area contributed by atoms with Crippen molar-refractivity contribution in [2.24, 2.45) is 5.84 Å². The van der Waals surface area contributed by atoms with Crippen LogP contribution in [0.1, 0.15) is 0 Å². The van der Waals surface area contributed by atoms with Crippen molar-refractivity contribution in [1.29, 1.82) is 0 Å². The lowest BCUT2D eigenvalue weighted by molar-refractivity contribution is 0.568. The normalized spacial score (nSPS) is 10.5. The number of nitrogens with two attached hydrogens (primary N) is 1. The lowest BCUT2D eigenvalue weighted by atomic mass is 10.2. The van der Waals surface area contributed by atoms with E-state index < -0.39 is 0 Å². The average molecular weight is 166 g/mol. The molecule has 0 spiro atoms. The molecule has 3 N–H and O–H groups in total. The van der Waals surface area contributed by atoms with Gasteiger partial charge in [-0.3, -0.25) is 5.43 Å². The van der Waals surface area contributed by atoms with E-state index in [2.05, 4.69) is 5.43 Å². The van der Waals surface area contributed by atoms with Gasteiger partial charge in [0.15, 0.2) is 11.4 Å². The van der Waals surface area contributed by atoms with Crippen LogP contribution < -0.4 is 11.3 Å². The number of para-hydroxylation sites is 1. The molecule has 62 valence electrons. The third-order valence-electron chi connectivity index (χ3n) is 1.64. The molecular weight excluding hydrogens is 159 g/mol. The second kappa shape index (κ2) is 2.49. The Labute approximate surface area is 67.9 Å². The summed E-state index contributed by atoms with van der Waals surface area (Å²) >= 11 is 0. The molecule has 0 unspecified atom stereocenters. The molecule has 0 aliphatic carbocycles. The lowest BCUT2D eigenvalue weighted by Crippen LogP contribution is -2.04. The third-order valence-corrected chi connectivity index (χ3v) is 1.64. The number of hydrazine groups is 1. The van der Waals surface area contributed by atoms with Crippen LogP contribution in [0.2, 0.25) is 0 Å². The Hall–Kier alpha value is -1.55. The van der Waals surface area contributed by atoms with Gasteiger partial charge in [-0.1, -0.05) is 12.1 Å². The number of rotatable bonds is 1. The molecule has 0 bridgehead atoms. The summed E-state index contributed by atoms with van der Waals surface area (Å²) in [6.45, 7) is 0. The predicted molar refractivity (Wildman–Crippen MR) is 44.0 cm³/mol. The first-order valence-electron chi connectivity index (χ1n) is 3.46. The molecule has 2 aromatic rings. The predicted octanol–water partition coefficient (Wildman–Crippen LogP) is 1.86. The van der Waals surface area contributed by atoms with E-state index in [1.54, 1.807) is 18.2 Å². The van der Waals surface area contributed by atoms with Gasteiger partial charge in [-0.15, -0.1) is 0 Å². The number of nitrogen functional groups attached to an aromatic ring is 1. The number of anilines is 1. The minimum Gasteiger partial charge on any atom is -0.436 e. The lowest BCUT2D eigenvalue weighted by Gasteiger charge is -1.89. The number of hydrogen-bond acceptors (Lipinski definition) is 3. The SMILES string of the molecule is NNc1cc2cccc(F)c2o1. The number of halogens is 1.